The van der Waals surface area contributed by atoms with Crippen LogP contribution in [0.4, 0.5) is 16.2 Å². The maximum absolute atomic E-state index is 12.8. The van der Waals surface area contributed by atoms with Gasteiger partial charge in [-0.25, -0.2) is 4.79 Å². The van der Waals surface area contributed by atoms with Gasteiger partial charge in [0.2, 0.25) is 0 Å². The van der Waals surface area contributed by atoms with Crippen LogP contribution in [0.1, 0.15) is 19.8 Å². The van der Waals surface area contributed by atoms with Crippen LogP contribution in [0.25, 0.3) is 0 Å². The van der Waals surface area contributed by atoms with Crippen molar-refractivity contribution in [3.05, 3.63) is 24.3 Å². The second kappa shape index (κ2) is 8.54. The third-order valence-electron chi connectivity index (χ3n) is 5.30. The number of hydrogen-bond acceptors (Lipinski definition) is 4. The van der Waals surface area contributed by atoms with E-state index in [1.165, 1.54) is 0 Å². The van der Waals surface area contributed by atoms with E-state index in [4.69, 9.17) is 4.74 Å². The molecule has 2 aliphatic rings. The molecule has 0 aliphatic carbocycles. The minimum absolute atomic E-state index is 0.0146. The number of likely N-dealkylation sites (N-methyl/N-ethyl adjacent to an activating group) is 1. The molecule has 1 N–H and O–H groups in total. The molecule has 1 aromatic carbocycles. The quantitative estimate of drug-likeness (QED) is 0.890. The molecule has 1 atom stereocenters. The van der Waals surface area contributed by atoms with Gasteiger partial charge in [0.15, 0.2) is 0 Å². The number of urea groups is 1. The van der Waals surface area contributed by atoms with E-state index in [1.54, 1.807) is 7.11 Å². The lowest BCUT2D eigenvalue weighted by Crippen LogP contribution is -2.46. The number of carbonyl (C=O) groups is 1. The first-order valence-electron chi connectivity index (χ1n) is 9.35. The number of hydrogen-bond donors (Lipinski definition) is 1. The van der Waals surface area contributed by atoms with Gasteiger partial charge in [-0.3, -0.25) is 0 Å². The lowest BCUT2D eigenvalue weighted by molar-refractivity contribution is 0.128. The zero-order chi connectivity index (χ0) is 17.6. The summed E-state index contributed by atoms with van der Waals surface area (Å²) in [7, 11) is 1.69. The molecule has 6 nitrogen and oxygen atoms in total. The maximum atomic E-state index is 12.8. The number of piperazine rings is 1. The van der Waals surface area contributed by atoms with E-state index in [2.05, 4.69) is 28.1 Å². The molecular weight excluding hydrogens is 316 g/mol. The summed E-state index contributed by atoms with van der Waals surface area (Å²) in [6.07, 6.45) is 2.06. The van der Waals surface area contributed by atoms with E-state index in [0.717, 1.165) is 63.5 Å². The SMILES string of the molecule is CCN1CCN(c2ccccc2NC(=O)N2CCC[C@H]2COC)CC1. The highest BCUT2D eigenvalue weighted by atomic mass is 16.5. The summed E-state index contributed by atoms with van der Waals surface area (Å²) >= 11 is 0. The molecule has 0 spiro atoms. The number of likely N-dealkylation sites (tertiary alicyclic amines) is 1. The second-order valence-electron chi connectivity index (χ2n) is 6.81. The Hall–Kier alpha value is -1.79. The van der Waals surface area contributed by atoms with Crippen molar-refractivity contribution in [1.29, 1.82) is 0 Å². The number of nitrogens with one attached hydrogen (secondary N) is 1. The van der Waals surface area contributed by atoms with Gasteiger partial charge in [0.1, 0.15) is 0 Å². The molecule has 2 heterocycles. The van der Waals surface area contributed by atoms with Gasteiger partial charge in [-0.05, 0) is 31.5 Å². The van der Waals surface area contributed by atoms with Crippen LogP contribution in [0, 0.1) is 0 Å². The highest BCUT2D eigenvalue weighted by Crippen LogP contribution is 2.28. The molecule has 1 aromatic rings. The fourth-order valence-electron chi connectivity index (χ4n) is 3.82. The molecule has 0 unspecified atom stereocenters. The summed E-state index contributed by atoms with van der Waals surface area (Å²) in [6.45, 7) is 8.85. The second-order valence-corrected chi connectivity index (χ2v) is 6.81. The van der Waals surface area contributed by atoms with Crippen LogP contribution in [0.3, 0.4) is 0 Å². The number of amides is 2. The van der Waals surface area contributed by atoms with Crippen LogP contribution in [0.15, 0.2) is 24.3 Å². The molecule has 0 aromatic heterocycles. The van der Waals surface area contributed by atoms with Crippen LogP contribution in [0.2, 0.25) is 0 Å². The van der Waals surface area contributed by atoms with Crippen molar-refractivity contribution < 1.29 is 9.53 Å². The fraction of sp³-hybridized carbons (Fsp3) is 0.632. The van der Waals surface area contributed by atoms with Gasteiger partial charge in [0.25, 0.3) is 0 Å². The van der Waals surface area contributed by atoms with Crippen molar-refractivity contribution >= 4 is 17.4 Å². The number of rotatable bonds is 5. The summed E-state index contributed by atoms with van der Waals surface area (Å²) < 4.78 is 5.26. The number of nitrogens with zero attached hydrogens (tertiary/aromatic N) is 3. The van der Waals surface area contributed by atoms with Gasteiger partial charge in [-0.15, -0.1) is 0 Å². The Morgan fingerprint density at radius 3 is 2.68 bits per heavy atom. The van der Waals surface area contributed by atoms with Crippen LogP contribution in [-0.2, 0) is 4.74 Å². The molecule has 0 saturated carbocycles. The summed E-state index contributed by atoms with van der Waals surface area (Å²) in [5.74, 6) is 0. The number of para-hydroxylation sites is 2. The standard InChI is InChI=1S/C19H30N4O2/c1-3-21-11-13-22(14-12-21)18-9-5-4-8-17(18)20-19(24)23-10-6-7-16(23)15-25-2/h4-5,8-9,16H,3,6-7,10-15H2,1-2H3,(H,20,24)/t16-/m0/s1. The van der Waals surface area contributed by atoms with Gasteiger partial charge in [0.05, 0.1) is 24.0 Å². The number of anilines is 2. The molecule has 2 aliphatic heterocycles. The van der Waals surface area contributed by atoms with Gasteiger partial charge in [-0.1, -0.05) is 19.1 Å². The zero-order valence-electron chi connectivity index (χ0n) is 15.4. The third kappa shape index (κ3) is 4.25. The van der Waals surface area contributed by atoms with Crippen LogP contribution < -0.4 is 10.2 Å². The van der Waals surface area contributed by atoms with Crippen molar-refractivity contribution in [1.82, 2.24) is 9.80 Å². The molecule has 2 fully saturated rings. The fourth-order valence-corrected chi connectivity index (χ4v) is 3.82. The first kappa shape index (κ1) is 18.0. The normalized spacial score (nSPS) is 21.6. The molecule has 2 amide bonds. The molecular formula is C19H30N4O2. The number of carbonyl (C=O) groups excluding carboxylic acids is 1. The zero-order valence-corrected chi connectivity index (χ0v) is 15.4. The van der Waals surface area contributed by atoms with E-state index in [9.17, 15) is 4.79 Å². The summed E-state index contributed by atoms with van der Waals surface area (Å²) in [4.78, 5) is 19.5. The van der Waals surface area contributed by atoms with Crippen molar-refractivity contribution in [2.24, 2.45) is 0 Å². The van der Waals surface area contributed by atoms with E-state index in [1.807, 2.05) is 23.1 Å². The highest BCUT2D eigenvalue weighted by Gasteiger charge is 2.29. The predicted octanol–water partition coefficient (Wildman–Crippen LogP) is 2.47. The van der Waals surface area contributed by atoms with Gasteiger partial charge >= 0.3 is 6.03 Å². The monoisotopic (exact) mass is 346 g/mol. The summed E-state index contributed by atoms with van der Waals surface area (Å²) in [5, 5.41) is 3.14. The molecule has 3 rings (SSSR count). The first-order chi connectivity index (χ1) is 12.2. The molecule has 0 radical (unpaired) electrons. The largest absolute Gasteiger partial charge is 0.383 e. The van der Waals surface area contributed by atoms with E-state index in [-0.39, 0.29) is 12.1 Å². The Balaban J connectivity index is 1.68. The number of ether oxygens (including phenoxy) is 1. The van der Waals surface area contributed by atoms with E-state index >= 15 is 0 Å². The Morgan fingerprint density at radius 1 is 1.20 bits per heavy atom. The molecule has 138 valence electrons. The Bertz CT molecular complexity index is 572. The highest BCUT2D eigenvalue weighted by molar-refractivity contribution is 5.93. The van der Waals surface area contributed by atoms with Crippen molar-refractivity contribution in [2.45, 2.75) is 25.8 Å². The van der Waals surface area contributed by atoms with Crippen molar-refractivity contribution in [2.75, 3.05) is 63.2 Å². The molecule has 6 heteroatoms. The van der Waals surface area contributed by atoms with Crippen LogP contribution in [0.5, 0.6) is 0 Å². The number of benzene rings is 1. The van der Waals surface area contributed by atoms with Gasteiger partial charge < -0.3 is 24.8 Å². The summed E-state index contributed by atoms with van der Waals surface area (Å²) in [5.41, 5.74) is 2.02. The van der Waals surface area contributed by atoms with Crippen molar-refractivity contribution in [3.63, 3.8) is 0 Å². The Morgan fingerprint density at radius 2 is 1.96 bits per heavy atom. The van der Waals surface area contributed by atoms with Gasteiger partial charge in [-0.2, -0.15) is 0 Å². The van der Waals surface area contributed by atoms with Crippen molar-refractivity contribution in [3.8, 4) is 0 Å². The minimum Gasteiger partial charge on any atom is -0.383 e. The first-order valence-corrected chi connectivity index (χ1v) is 9.35. The molecule has 2 saturated heterocycles. The topological polar surface area (TPSA) is 48.0 Å². The Labute approximate surface area is 150 Å². The lowest BCUT2D eigenvalue weighted by Gasteiger charge is -2.36. The molecule has 25 heavy (non-hydrogen) atoms. The van der Waals surface area contributed by atoms with E-state index < -0.39 is 0 Å². The molecule has 0 bridgehead atoms. The number of methoxy groups -OCH3 is 1. The third-order valence-corrected chi connectivity index (χ3v) is 5.30. The minimum atomic E-state index is -0.0146. The smallest absolute Gasteiger partial charge is 0.322 e. The predicted molar refractivity (Wildman–Crippen MR) is 101 cm³/mol. The van der Waals surface area contributed by atoms with Crippen LogP contribution >= 0.6 is 0 Å². The maximum Gasteiger partial charge on any atom is 0.322 e. The summed E-state index contributed by atoms with van der Waals surface area (Å²) in [6, 6.07) is 8.30. The van der Waals surface area contributed by atoms with Gasteiger partial charge in [0, 0.05) is 39.8 Å². The average molecular weight is 346 g/mol. The Kier molecular flexibility index (Phi) is 6.15. The van der Waals surface area contributed by atoms with Crippen LogP contribution in [-0.4, -0.2) is 74.9 Å². The lowest BCUT2D eigenvalue weighted by atomic mass is 10.2. The average Bonchev–Trinajstić information content (AvgIpc) is 3.11. The van der Waals surface area contributed by atoms with E-state index in [0.29, 0.717) is 6.61 Å².